The second-order valence-corrected chi connectivity index (χ2v) is 5.76. The number of carboxylic acids is 1. The predicted octanol–water partition coefficient (Wildman–Crippen LogP) is 2.78. The van der Waals surface area contributed by atoms with Crippen LogP contribution in [0.15, 0.2) is 52.7 Å². The number of allylic oxidation sites excluding steroid dienone is 2. The van der Waals surface area contributed by atoms with Crippen LogP contribution in [0.2, 0.25) is 5.02 Å². The van der Waals surface area contributed by atoms with Crippen molar-refractivity contribution in [2.45, 2.75) is 12.8 Å². The molecule has 2 atom stereocenters. The van der Waals surface area contributed by atoms with Gasteiger partial charge in [0.05, 0.1) is 18.4 Å². The zero-order chi connectivity index (χ0) is 18.6. The van der Waals surface area contributed by atoms with E-state index in [0.29, 0.717) is 22.6 Å². The van der Waals surface area contributed by atoms with Crippen molar-refractivity contribution in [3.63, 3.8) is 0 Å². The van der Waals surface area contributed by atoms with Gasteiger partial charge in [0, 0.05) is 16.7 Å². The fourth-order valence-electron chi connectivity index (χ4n) is 2.87. The highest BCUT2D eigenvalue weighted by Crippen LogP contribution is 2.42. The Morgan fingerprint density at radius 2 is 2.00 bits per heavy atom. The molecule has 130 valence electrons. The number of methoxy groups -OCH3 is 1. The number of carbonyl (C=O) groups is 3. The third-order valence-electron chi connectivity index (χ3n) is 3.91. The first kappa shape index (κ1) is 18.6. The topological polar surface area (TPSA) is 93.0 Å². The van der Waals surface area contributed by atoms with Gasteiger partial charge in [0.2, 0.25) is 0 Å². The van der Waals surface area contributed by atoms with Crippen molar-refractivity contribution in [3.05, 3.63) is 58.3 Å². The maximum absolute atomic E-state index is 12.4. The van der Waals surface area contributed by atoms with Crippen molar-refractivity contribution in [3.8, 4) is 0 Å². The van der Waals surface area contributed by atoms with Crippen LogP contribution in [0.3, 0.4) is 0 Å². The number of benzene rings is 1. The minimum atomic E-state index is -1.13. The molecular formula is C18H16ClNO5. The number of hydrogen-bond acceptors (Lipinski definition) is 5. The lowest BCUT2D eigenvalue weighted by Crippen LogP contribution is -2.35. The number of hydrogen-bond donors (Lipinski definition) is 1. The van der Waals surface area contributed by atoms with E-state index in [1.165, 1.54) is 19.3 Å². The molecule has 1 N–H and O–H groups in total. The minimum Gasteiger partial charge on any atom is -0.481 e. The zero-order valence-corrected chi connectivity index (χ0v) is 14.4. The molecule has 0 saturated heterocycles. The van der Waals surface area contributed by atoms with E-state index < -0.39 is 23.8 Å². The minimum absolute atomic E-state index is 0.0479. The third kappa shape index (κ3) is 3.69. The van der Waals surface area contributed by atoms with Crippen LogP contribution in [0.4, 0.5) is 0 Å². The summed E-state index contributed by atoms with van der Waals surface area (Å²) in [6.07, 6.45) is 3.07. The second-order valence-electron chi connectivity index (χ2n) is 5.35. The Bertz CT molecular complexity index is 809. The van der Waals surface area contributed by atoms with E-state index in [9.17, 15) is 19.5 Å². The molecule has 1 aromatic rings. The van der Waals surface area contributed by atoms with E-state index >= 15 is 0 Å². The van der Waals surface area contributed by atoms with Gasteiger partial charge >= 0.3 is 11.9 Å². The largest absolute Gasteiger partial charge is 0.481 e. The van der Waals surface area contributed by atoms with E-state index in [1.54, 1.807) is 31.2 Å². The molecule has 1 aliphatic rings. The van der Waals surface area contributed by atoms with Crippen LogP contribution in [0.1, 0.15) is 18.4 Å². The van der Waals surface area contributed by atoms with E-state index in [4.69, 9.17) is 16.3 Å². The molecule has 1 aliphatic heterocycles. The van der Waals surface area contributed by atoms with Gasteiger partial charge in [-0.05, 0) is 30.7 Å². The highest BCUT2D eigenvalue weighted by atomic mass is 35.5. The number of ether oxygens (including phenoxy) is 1. The van der Waals surface area contributed by atoms with Crippen LogP contribution in [-0.4, -0.2) is 36.2 Å². The third-order valence-corrected chi connectivity index (χ3v) is 4.26. The summed E-state index contributed by atoms with van der Waals surface area (Å²) >= 11 is 6.26. The highest BCUT2D eigenvalue weighted by molar-refractivity contribution is 6.31. The van der Waals surface area contributed by atoms with Crippen molar-refractivity contribution >= 4 is 35.5 Å². The van der Waals surface area contributed by atoms with Crippen molar-refractivity contribution in [2.24, 2.45) is 10.9 Å². The van der Waals surface area contributed by atoms with Gasteiger partial charge in [-0.3, -0.25) is 14.6 Å². The number of rotatable bonds is 5. The van der Waals surface area contributed by atoms with Crippen molar-refractivity contribution in [1.82, 2.24) is 0 Å². The van der Waals surface area contributed by atoms with Gasteiger partial charge < -0.3 is 9.84 Å². The van der Waals surface area contributed by atoms with Gasteiger partial charge in [0.25, 0.3) is 0 Å². The summed E-state index contributed by atoms with van der Waals surface area (Å²) in [7, 11) is 1.20. The Hall–Kier alpha value is -2.73. The molecule has 1 heterocycles. The van der Waals surface area contributed by atoms with Gasteiger partial charge in [-0.15, -0.1) is 0 Å². The molecule has 0 aromatic heterocycles. The van der Waals surface area contributed by atoms with Gasteiger partial charge in [-0.1, -0.05) is 29.8 Å². The molecule has 0 aliphatic carbocycles. The van der Waals surface area contributed by atoms with Crippen LogP contribution in [0.25, 0.3) is 0 Å². The number of aldehydes is 1. The molecule has 0 radical (unpaired) electrons. The summed E-state index contributed by atoms with van der Waals surface area (Å²) < 4.78 is 4.83. The summed E-state index contributed by atoms with van der Waals surface area (Å²) in [6, 6.07) is 6.69. The number of carboxylic acid groups (broad SMARTS) is 1. The number of nitrogens with zero attached hydrogens (tertiary/aromatic N) is 1. The summed E-state index contributed by atoms with van der Waals surface area (Å²) in [6.45, 7) is 1.56. The molecule has 0 fully saturated rings. The fraction of sp³-hybridized carbons (Fsp3) is 0.222. The van der Waals surface area contributed by atoms with E-state index in [0.717, 1.165) is 0 Å². The first-order valence-corrected chi connectivity index (χ1v) is 7.76. The molecule has 2 rings (SSSR count). The number of esters is 1. The van der Waals surface area contributed by atoms with Gasteiger partial charge in [0.1, 0.15) is 12.2 Å². The molecule has 1 aromatic carbocycles. The van der Waals surface area contributed by atoms with Crippen molar-refractivity contribution < 1.29 is 24.2 Å². The lowest BCUT2D eigenvalue weighted by molar-refractivity contribution is -0.140. The molecule has 25 heavy (non-hydrogen) atoms. The summed E-state index contributed by atoms with van der Waals surface area (Å²) in [4.78, 5) is 39.1. The molecule has 0 bridgehead atoms. The lowest BCUT2D eigenvalue weighted by atomic mass is 9.75. The normalized spacial score (nSPS) is 20.4. The predicted molar refractivity (Wildman–Crippen MR) is 92.7 cm³/mol. The van der Waals surface area contributed by atoms with Crippen molar-refractivity contribution in [2.75, 3.05) is 7.11 Å². The van der Waals surface area contributed by atoms with E-state index in [1.807, 2.05) is 0 Å². The average molecular weight is 362 g/mol. The highest BCUT2D eigenvalue weighted by Gasteiger charge is 2.42. The van der Waals surface area contributed by atoms with Crippen molar-refractivity contribution in [1.29, 1.82) is 0 Å². The number of aliphatic carboxylic acids is 1. The molecule has 7 heteroatoms. The van der Waals surface area contributed by atoms with E-state index in [-0.39, 0.29) is 11.3 Å². The number of carbonyl (C=O) groups excluding carboxylic acids is 2. The molecular weight excluding hydrogens is 346 g/mol. The Morgan fingerprint density at radius 1 is 1.32 bits per heavy atom. The molecule has 6 nitrogen and oxygen atoms in total. The first-order chi connectivity index (χ1) is 11.9. The molecule has 0 saturated carbocycles. The Labute approximate surface area is 149 Å². The second kappa shape index (κ2) is 7.90. The standard InChI is InChI=1S/C18H16ClNO5/c1-10-14(17(22)23)15(11-6-3-4-7-12(11)19)16(18(24)25-2)13(20-10)8-5-9-21/h3-9,14-15H,1-2H3,(H,22,23). The quantitative estimate of drug-likeness (QED) is 0.494. The van der Waals surface area contributed by atoms with Gasteiger partial charge in [-0.25, -0.2) is 4.79 Å². The zero-order valence-electron chi connectivity index (χ0n) is 13.6. The smallest absolute Gasteiger partial charge is 0.336 e. The van der Waals surface area contributed by atoms with Crippen LogP contribution in [0, 0.1) is 5.92 Å². The van der Waals surface area contributed by atoms with Gasteiger partial charge in [0.15, 0.2) is 0 Å². The van der Waals surface area contributed by atoms with Gasteiger partial charge in [-0.2, -0.15) is 0 Å². The Morgan fingerprint density at radius 3 is 2.56 bits per heavy atom. The molecule has 2 unspecified atom stereocenters. The van der Waals surface area contributed by atoms with Crippen LogP contribution in [-0.2, 0) is 19.1 Å². The molecule has 0 amide bonds. The summed E-state index contributed by atoms with van der Waals surface area (Å²) in [5.41, 5.74) is 1.00. The summed E-state index contributed by atoms with van der Waals surface area (Å²) in [5, 5.41) is 10.0. The average Bonchev–Trinajstić information content (AvgIpc) is 2.58. The number of halogens is 1. The Kier molecular flexibility index (Phi) is 5.88. The van der Waals surface area contributed by atoms with Crippen LogP contribution in [0.5, 0.6) is 0 Å². The first-order valence-electron chi connectivity index (χ1n) is 7.39. The van der Waals surface area contributed by atoms with Crippen LogP contribution < -0.4 is 0 Å². The maximum Gasteiger partial charge on any atom is 0.336 e. The fourth-order valence-corrected chi connectivity index (χ4v) is 3.12. The Balaban J connectivity index is 2.80. The molecule has 0 spiro atoms. The SMILES string of the molecule is COC(=O)C1=C(C=CC=O)N=C(C)C(C(=O)O)C1c1ccccc1Cl. The van der Waals surface area contributed by atoms with E-state index in [2.05, 4.69) is 4.99 Å². The lowest BCUT2D eigenvalue weighted by Gasteiger charge is -2.30. The monoisotopic (exact) mass is 361 g/mol. The number of aliphatic imine (C=N–C) groups is 1. The maximum atomic E-state index is 12.4. The summed E-state index contributed by atoms with van der Waals surface area (Å²) in [5.74, 6) is -3.83. The van der Waals surface area contributed by atoms with Crippen LogP contribution >= 0.6 is 11.6 Å².